The molecule has 1 aromatic heterocycles. The maximum Gasteiger partial charge on any atom is 0.0547 e. The summed E-state index contributed by atoms with van der Waals surface area (Å²) in [5, 5.41) is 2.48. The molecule has 236 valence electrons. The molecule has 0 N–H and O–H groups in total. The van der Waals surface area contributed by atoms with Crippen molar-refractivity contribution >= 4 is 38.9 Å². The van der Waals surface area contributed by atoms with Crippen molar-refractivity contribution in [2.75, 3.05) is 4.90 Å². The third-order valence-electron chi connectivity index (χ3n) is 9.59. The minimum absolute atomic E-state index is 1.10. The normalized spacial score (nSPS) is 11.2. The molecule has 50 heavy (non-hydrogen) atoms. The van der Waals surface area contributed by atoms with E-state index in [2.05, 4.69) is 216 Å². The molecule has 0 spiro atoms. The van der Waals surface area contributed by atoms with E-state index in [1.54, 1.807) is 0 Å². The fraction of sp³-hybridized carbons (Fsp3) is 0. The number of nitrogens with zero attached hydrogens (tertiary/aromatic N) is 2. The summed E-state index contributed by atoms with van der Waals surface area (Å²) in [6.45, 7) is 0. The van der Waals surface area contributed by atoms with Crippen LogP contribution in [-0.4, -0.2) is 4.57 Å². The van der Waals surface area contributed by atoms with Gasteiger partial charge in [0.15, 0.2) is 0 Å². The van der Waals surface area contributed by atoms with Crippen LogP contribution in [-0.2, 0) is 0 Å². The Morgan fingerprint density at radius 3 is 1.64 bits per heavy atom. The largest absolute Gasteiger partial charge is 0.310 e. The first-order valence-corrected chi connectivity index (χ1v) is 17.1. The lowest BCUT2D eigenvalue weighted by Gasteiger charge is -2.29. The number of rotatable bonds is 7. The van der Waals surface area contributed by atoms with Crippen molar-refractivity contribution in [1.82, 2.24) is 4.57 Å². The van der Waals surface area contributed by atoms with E-state index in [1.165, 1.54) is 55.2 Å². The van der Waals surface area contributed by atoms with Crippen LogP contribution in [0.2, 0.25) is 0 Å². The Balaban J connectivity index is 1.30. The molecule has 8 aromatic carbocycles. The molecule has 0 radical (unpaired) electrons. The van der Waals surface area contributed by atoms with Gasteiger partial charge < -0.3 is 9.47 Å². The molecule has 0 aliphatic rings. The zero-order valence-electron chi connectivity index (χ0n) is 27.5. The SMILES string of the molecule is c1ccc(-c2ccc(N(c3ccccc3)c3ccccc3-c3cccc4c3c3ccccc3n4-c3ccccc3)cc2-c2ccccc2)cc1. The fourth-order valence-electron chi connectivity index (χ4n) is 7.40. The predicted octanol–water partition coefficient (Wildman–Crippen LogP) is 13.3. The summed E-state index contributed by atoms with van der Waals surface area (Å²) in [5.41, 5.74) is 14.0. The monoisotopic (exact) mass is 638 g/mol. The van der Waals surface area contributed by atoms with Crippen LogP contribution in [0.25, 0.3) is 60.9 Å². The predicted molar refractivity (Wildman–Crippen MR) is 212 cm³/mol. The molecule has 2 nitrogen and oxygen atoms in total. The van der Waals surface area contributed by atoms with Crippen molar-refractivity contribution < 1.29 is 0 Å². The first-order valence-electron chi connectivity index (χ1n) is 17.1. The standard InChI is InChI=1S/C48H34N2/c1-5-18-35(19-6-1)40-33-32-39(34-44(40)36-20-7-2-8-21-36)49(37-22-9-3-10-23-37)45-29-15-13-26-41(45)42-28-17-31-47-48(42)43-27-14-16-30-46(43)50(47)38-24-11-4-12-25-38/h1-34H. The summed E-state index contributed by atoms with van der Waals surface area (Å²) in [7, 11) is 0. The van der Waals surface area contributed by atoms with Gasteiger partial charge >= 0.3 is 0 Å². The molecule has 0 atom stereocenters. The maximum atomic E-state index is 2.41. The molecule has 2 heteroatoms. The molecule has 0 saturated carbocycles. The van der Waals surface area contributed by atoms with Gasteiger partial charge in [-0.3, -0.25) is 0 Å². The molecule has 0 aliphatic carbocycles. The topological polar surface area (TPSA) is 8.17 Å². The van der Waals surface area contributed by atoms with Gasteiger partial charge in [-0.05, 0) is 82.4 Å². The van der Waals surface area contributed by atoms with Crippen LogP contribution in [0.5, 0.6) is 0 Å². The highest BCUT2D eigenvalue weighted by Crippen LogP contribution is 2.46. The number of hydrogen-bond donors (Lipinski definition) is 0. The fourth-order valence-corrected chi connectivity index (χ4v) is 7.40. The molecule has 0 aliphatic heterocycles. The maximum absolute atomic E-state index is 2.41. The van der Waals surface area contributed by atoms with Crippen LogP contribution >= 0.6 is 0 Å². The zero-order valence-corrected chi connectivity index (χ0v) is 27.5. The van der Waals surface area contributed by atoms with E-state index in [9.17, 15) is 0 Å². The van der Waals surface area contributed by atoms with E-state index in [1.807, 2.05) is 0 Å². The second-order valence-electron chi connectivity index (χ2n) is 12.5. The second-order valence-corrected chi connectivity index (χ2v) is 12.5. The summed E-state index contributed by atoms with van der Waals surface area (Å²) in [5.74, 6) is 0. The van der Waals surface area contributed by atoms with Crippen molar-refractivity contribution in [2.45, 2.75) is 0 Å². The summed E-state index contributed by atoms with van der Waals surface area (Å²) in [4.78, 5) is 2.41. The van der Waals surface area contributed by atoms with E-state index < -0.39 is 0 Å². The third-order valence-corrected chi connectivity index (χ3v) is 9.59. The summed E-state index contributed by atoms with van der Waals surface area (Å²) in [6.07, 6.45) is 0. The Hall–Kier alpha value is -6.64. The Labute approximate surface area is 292 Å². The Kier molecular flexibility index (Phi) is 7.53. The van der Waals surface area contributed by atoms with Gasteiger partial charge in [0.05, 0.1) is 16.7 Å². The molecule has 0 amide bonds. The minimum Gasteiger partial charge on any atom is -0.310 e. The first kappa shape index (κ1) is 29.5. The van der Waals surface area contributed by atoms with Crippen molar-refractivity contribution in [3.8, 4) is 39.1 Å². The second kappa shape index (κ2) is 12.8. The highest BCUT2D eigenvalue weighted by molar-refractivity contribution is 6.17. The van der Waals surface area contributed by atoms with Gasteiger partial charge in [0.1, 0.15) is 0 Å². The summed E-state index contributed by atoms with van der Waals surface area (Å²) >= 11 is 0. The molecular weight excluding hydrogens is 605 g/mol. The first-order chi connectivity index (χ1) is 24.8. The van der Waals surface area contributed by atoms with E-state index in [0.717, 1.165) is 22.7 Å². The van der Waals surface area contributed by atoms with Crippen molar-refractivity contribution in [3.63, 3.8) is 0 Å². The van der Waals surface area contributed by atoms with Crippen LogP contribution in [0, 0.1) is 0 Å². The molecule has 9 aromatic rings. The van der Waals surface area contributed by atoms with Gasteiger partial charge in [-0.1, -0.05) is 152 Å². The highest BCUT2D eigenvalue weighted by atomic mass is 15.1. The molecule has 0 saturated heterocycles. The Bertz CT molecular complexity index is 2570. The quantitative estimate of drug-likeness (QED) is 0.169. The van der Waals surface area contributed by atoms with Gasteiger partial charge in [-0.25, -0.2) is 0 Å². The van der Waals surface area contributed by atoms with Crippen LogP contribution in [0.15, 0.2) is 206 Å². The lowest BCUT2D eigenvalue weighted by Crippen LogP contribution is -2.11. The van der Waals surface area contributed by atoms with Gasteiger partial charge in [0, 0.05) is 33.4 Å². The molecule has 0 fully saturated rings. The lowest BCUT2D eigenvalue weighted by atomic mass is 9.93. The van der Waals surface area contributed by atoms with Crippen LogP contribution in [0.1, 0.15) is 0 Å². The summed E-state index contributed by atoms with van der Waals surface area (Å²) in [6, 6.07) is 74.0. The Morgan fingerprint density at radius 1 is 0.340 bits per heavy atom. The van der Waals surface area contributed by atoms with Gasteiger partial charge in [0.25, 0.3) is 0 Å². The van der Waals surface area contributed by atoms with Crippen LogP contribution < -0.4 is 4.90 Å². The van der Waals surface area contributed by atoms with Crippen molar-refractivity contribution in [1.29, 1.82) is 0 Å². The number of aromatic nitrogens is 1. The van der Waals surface area contributed by atoms with E-state index in [4.69, 9.17) is 0 Å². The third kappa shape index (κ3) is 5.15. The Morgan fingerprint density at radius 2 is 0.900 bits per heavy atom. The smallest absolute Gasteiger partial charge is 0.0547 e. The van der Waals surface area contributed by atoms with E-state index in [0.29, 0.717) is 0 Å². The van der Waals surface area contributed by atoms with Gasteiger partial charge in [0.2, 0.25) is 0 Å². The average molecular weight is 639 g/mol. The summed E-state index contributed by atoms with van der Waals surface area (Å²) < 4.78 is 2.39. The van der Waals surface area contributed by atoms with E-state index >= 15 is 0 Å². The van der Waals surface area contributed by atoms with Crippen LogP contribution in [0.3, 0.4) is 0 Å². The minimum atomic E-state index is 1.10. The number of hydrogen-bond acceptors (Lipinski definition) is 1. The highest BCUT2D eigenvalue weighted by Gasteiger charge is 2.22. The van der Waals surface area contributed by atoms with Gasteiger partial charge in [-0.15, -0.1) is 0 Å². The van der Waals surface area contributed by atoms with Crippen molar-refractivity contribution in [3.05, 3.63) is 206 Å². The van der Waals surface area contributed by atoms with Gasteiger partial charge in [-0.2, -0.15) is 0 Å². The molecule has 0 unspecified atom stereocenters. The lowest BCUT2D eigenvalue weighted by molar-refractivity contribution is 1.18. The average Bonchev–Trinajstić information content (AvgIpc) is 3.54. The zero-order chi connectivity index (χ0) is 33.3. The number of anilines is 3. The number of benzene rings is 8. The van der Waals surface area contributed by atoms with Crippen LogP contribution in [0.4, 0.5) is 17.1 Å². The van der Waals surface area contributed by atoms with E-state index in [-0.39, 0.29) is 0 Å². The molecular formula is C48H34N2. The molecule has 0 bridgehead atoms. The number of para-hydroxylation sites is 4. The molecule has 9 rings (SSSR count). The van der Waals surface area contributed by atoms with Crippen molar-refractivity contribution in [2.24, 2.45) is 0 Å². The number of fused-ring (bicyclic) bond motifs is 3. The molecule has 1 heterocycles.